The highest BCUT2D eigenvalue weighted by atomic mass is 32.2. The SMILES string of the molecule is CNCCCn1cc(S(=O)(=O)NCc2csc(=O)[nH]2)cn1. The molecule has 0 amide bonds. The van der Waals surface area contributed by atoms with Gasteiger partial charge in [-0.3, -0.25) is 9.48 Å². The van der Waals surface area contributed by atoms with E-state index >= 15 is 0 Å². The average Bonchev–Trinajstić information content (AvgIpc) is 3.06. The van der Waals surface area contributed by atoms with E-state index in [4.69, 9.17) is 0 Å². The second kappa shape index (κ2) is 6.98. The van der Waals surface area contributed by atoms with Crippen molar-refractivity contribution in [2.24, 2.45) is 0 Å². The second-order valence-corrected chi connectivity index (χ2v) is 7.00. The lowest BCUT2D eigenvalue weighted by Crippen LogP contribution is -2.23. The van der Waals surface area contributed by atoms with E-state index in [0.717, 1.165) is 24.3 Å². The molecule has 0 aliphatic heterocycles. The summed E-state index contributed by atoms with van der Waals surface area (Å²) in [5.74, 6) is 0. The van der Waals surface area contributed by atoms with Crippen molar-refractivity contribution in [3.05, 3.63) is 33.1 Å². The second-order valence-electron chi connectivity index (χ2n) is 4.39. The van der Waals surface area contributed by atoms with Crippen molar-refractivity contribution in [1.29, 1.82) is 0 Å². The summed E-state index contributed by atoms with van der Waals surface area (Å²) in [7, 11) is -1.77. The number of aromatic amines is 1. The number of rotatable bonds is 8. The van der Waals surface area contributed by atoms with Crippen LogP contribution >= 0.6 is 11.3 Å². The fourth-order valence-electron chi connectivity index (χ4n) is 1.68. The molecule has 0 spiro atoms. The van der Waals surface area contributed by atoms with Crippen molar-refractivity contribution in [2.45, 2.75) is 24.4 Å². The number of hydrogen-bond donors (Lipinski definition) is 3. The van der Waals surface area contributed by atoms with E-state index in [1.165, 1.54) is 12.4 Å². The Morgan fingerprint density at radius 1 is 1.48 bits per heavy atom. The van der Waals surface area contributed by atoms with Gasteiger partial charge in [0.25, 0.3) is 0 Å². The predicted octanol–water partition coefficient (Wildman–Crippen LogP) is -0.279. The van der Waals surface area contributed by atoms with Gasteiger partial charge in [-0.2, -0.15) is 5.10 Å². The molecule has 0 radical (unpaired) electrons. The smallest absolute Gasteiger partial charge is 0.304 e. The molecule has 3 N–H and O–H groups in total. The maximum Gasteiger partial charge on any atom is 0.304 e. The van der Waals surface area contributed by atoms with Crippen LogP contribution in [0, 0.1) is 0 Å². The predicted molar refractivity (Wildman–Crippen MR) is 79.7 cm³/mol. The summed E-state index contributed by atoms with van der Waals surface area (Å²) < 4.78 is 28.2. The third kappa shape index (κ3) is 4.49. The van der Waals surface area contributed by atoms with Crippen molar-refractivity contribution in [1.82, 2.24) is 24.8 Å². The van der Waals surface area contributed by atoms with Gasteiger partial charge in [-0.1, -0.05) is 11.3 Å². The maximum atomic E-state index is 12.1. The quantitative estimate of drug-likeness (QED) is 0.577. The third-order valence-electron chi connectivity index (χ3n) is 2.76. The number of nitrogens with zero attached hydrogens (tertiary/aromatic N) is 2. The Balaban J connectivity index is 1.97. The van der Waals surface area contributed by atoms with Crippen LogP contribution in [0.2, 0.25) is 0 Å². The molecule has 2 aromatic rings. The Morgan fingerprint density at radius 3 is 2.95 bits per heavy atom. The van der Waals surface area contributed by atoms with Gasteiger partial charge in [0.05, 0.1) is 12.7 Å². The molecule has 2 aromatic heterocycles. The fourth-order valence-corrected chi connectivity index (χ4v) is 3.22. The van der Waals surface area contributed by atoms with Gasteiger partial charge < -0.3 is 10.3 Å². The molecule has 0 saturated heterocycles. The lowest BCUT2D eigenvalue weighted by atomic mass is 10.4. The zero-order valence-electron chi connectivity index (χ0n) is 11.5. The fraction of sp³-hybridized carbons (Fsp3) is 0.455. The maximum absolute atomic E-state index is 12.1. The molecule has 0 aliphatic rings. The van der Waals surface area contributed by atoms with E-state index in [1.54, 1.807) is 10.1 Å². The summed E-state index contributed by atoms with van der Waals surface area (Å²) in [6, 6.07) is 0. The Hall–Kier alpha value is -1.49. The summed E-state index contributed by atoms with van der Waals surface area (Å²) in [5.41, 5.74) is 0.537. The molecule has 2 rings (SSSR count). The Bertz CT molecular complexity index is 731. The number of H-pyrrole nitrogens is 1. The Morgan fingerprint density at radius 2 is 2.29 bits per heavy atom. The summed E-state index contributed by atoms with van der Waals surface area (Å²) >= 11 is 0.998. The van der Waals surface area contributed by atoms with Gasteiger partial charge in [0.1, 0.15) is 4.90 Å². The van der Waals surface area contributed by atoms with E-state index in [9.17, 15) is 13.2 Å². The minimum absolute atomic E-state index is 0.0476. The monoisotopic (exact) mass is 331 g/mol. The number of thiazole rings is 1. The number of hydrogen-bond acceptors (Lipinski definition) is 6. The molecule has 0 bridgehead atoms. The minimum Gasteiger partial charge on any atom is -0.320 e. The molecule has 8 nitrogen and oxygen atoms in total. The molecule has 0 fully saturated rings. The van der Waals surface area contributed by atoms with Crippen LogP contribution in [-0.4, -0.2) is 36.8 Å². The summed E-state index contributed by atoms with van der Waals surface area (Å²) in [6.07, 6.45) is 3.67. The van der Waals surface area contributed by atoms with Gasteiger partial charge >= 0.3 is 4.87 Å². The summed E-state index contributed by atoms with van der Waals surface area (Å²) in [5, 5.41) is 8.63. The van der Waals surface area contributed by atoms with Gasteiger partial charge in [0.15, 0.2) is 0 Å². The topological polar surface area (TPSA) is 109 Å². The first-order chi connectivity index (χ1) is 10.0. The van der Waals surface area contributed by atoms with Crippen LogP contribution < -0.4 is 14.9 Å². The van der Waals surface area contributed by atoms with Crippen molar-refractivity contribution in [2.75, 3.05) is 13.6 Å². The highest BCUT2D eigenvalue weighted by Gasteiger charge is 2.16. The number of sulfonamides is 1. The van der Waals surface area contributed by atoms with Crippen LogP contribution in [0.1, 0.15) is 12.1 Å². The Kier molecular flexibility index (Phi) is 5.28. The molecule has 0 saturated carbocycles. The molecular weight excluding hydrogens is 314 g/mol. The molecule has 0 aliphatic carbocycles. The van der Waals surface area contributed by atoms with Gasteiger partial charge in [0.2, 0.25) is 10.0 Å². The van der Waals surface area contributed by atoms with E-state index in [1.807, 2.05) is 7.05 Å². The molecule has 0 unspecified atom stereocenters. The highest BCUT2D eigenvalue weighted by molar-refractivity contribution is 7.89. The first-order valence-corrected chi connectivity index (χ1v) is 8.71. The van der Waals surface area contributed by atoms with Gasteiger partial charge in [-0.25, -0.2) is 13.1 Å². The van der Waals surface area contributed by atoms with Crippen LogP contribution in [-0.2, 0) is 23.1 Å². The van der Waals surface area contributed by atoms with Crippen molar-refractivity contribution in [3.8, 4) is 0 Å². The number of aromatic nitrogens is 3. The van der Waals surface area contributed by atoms with Crippen molar-refractivity contribution in [3.63, 3.8) is 0 Å². The molecule has 2 heterocycles. The average molecular weight is 331 g/mol. The van der Waals surface area contributed by atoms with E-state index < -0.39 is 10.0 Å². The number of aryl methyl sites for hydroxylation is 1. The molecule has 10 heteroatoms. The summed E-state index contributed by atoms with van der Waals surface area (Å²) in [4.78, 5) is 13.4. The molecule has 21 heavy (non-hydrogen) atoms. The van der Waals surface area contributed by atoms with Crippen molar-refractivity contribution >= 4 is 21.4 Å². The third-order valence-corrected chi connectivity index (χ3v) is 4.83. The normalized spacial score (nSPS) is 11.9. The van der Waals surface area contributed by atoms with Crippen LogP contribution in [0.3, 0.4) is 0 Å². The standard InChI is InChI=1S/C11H17N5O3S2/c1-12-3-2-4-16-7-10(6-13-16)21(18,19)14-5-9-8-20-11(17)15-9/h6-8,12,14H,2-5H2,1H3,(H,15,17). The largest absolute Gasteiger partial charge is 0.320 e. The molecule has 0 aromatic carbocycles. The molecular formula is C11H17N5O3S2. The van der Waals surface area contributed by atoms with Gasteiger partial charge in [-0.15, -0.1) is 0 Å². The van der Waals surface area contributed by atoms with Gasteiger partial charge in [0, 0.05) is 23.8 Å². The molecule has 116 valence electrons. The first-order valence-electron chi connectivity index (χ1n) is 6.34. The van der Waals surface area contributed by atoms with E-state index in [0.29, 0.717) is 12.2 Å². The van der Waals surface area contributed by atoms with E-state index in [-0.39, 0.29) is 16.3 Å². The zero-order valence-corrected chi connectivity index (χ0v) is 13.1. The van der Waals surface area contributed by atoms with Crippen molar-refractivity contribution < 1.29 is 8.42 Å². The number of nitrogens with one attached hydrogen (secondary N) is 3. The molecule has 0 atom stereocenters. The van der Waals surface area contributed by atoms with Gasteiger partial charge in [-0.05, 0) is 20.0 Å². The van der Waals surface area contributed by atoms with Crippen LogP contribution in [0.15, 0.2) is 27.5 Å². The summed E-state index contributed by atoms with van der Waals surface area (Å²) in [6.45, 7) is 1.53. The highest BCUT2D eigenvalue weighted by Crippen LogP contribution is 2.08. The Labute approximate surface area is 126 Å². The minimum atomic E-state index is -3.63. The lowest BCUT2D eigenvalue weighted by molar-refractivity contribution is 0.560. The van der Waals surface area contributed by atoms with Crippen LogP contribution in [0.25, 0.3) is 0 Å². The lowest BCUT2D eigenvalue weighted by Gasteiger charge is -2.03. The zero-order chi connectivity index (χ0) is 15.3. The first kappa shape index (κ1) is 15.9. The van der Waals surface area contributed by atoms with E-state index in [2.05, 4.69) is 20.1 Å². The van der Waals surface area contributed by atoms with Crippen LogP contribution in [0.4, 0.5) is 0 Å². The van der Waals surface area contributed by atoms with Crippen LogP contribution in [0.5, 0.6) is 0 Å².